The zero-order valence-electron chi connectivity index (χ0n) is 27.8. The van der Waals surface area contributed by atoms with Gasteiger partial charge in [0.1, 0.15) is 6.10 Å². The molecule has 4 rings (SSSR count). The lowest BCUT2D eigenvalue weighted by molar-refractivity contribution is -0.169. The maximum absolute atomic E-state index is 13.4. The fourth-order valence-electron chi connectivity index (χ4n) is 5.80. The molecule has 260 valence electrons. The first-order valence-electron chi connectivity index (χ1n) is 16.9. The molecule has 49 heavy (non-hydrogen) atoms. The van der Waals surface area contributed by atoms with Gasteiger partial charge >= 0.3 is 23.9 Å². The maximum Gasteiger partial charge on any atom is 0.338 e. The highest BCUT2D eigenvalue weighted by Crippen LogP contribution is 2.31. The number of aliphatic carboxylic acids is 1. The van der Waals surface area contributed by atoms with Crippen LogP contribution >= 0.6 is 0 Å². The van der Waals surface area contributed by atoms with Gasteiger partial charge in [0, 0.05) is 17.5 Å². The van der Waals surface area contributed by atoms with Crippen LogP contribution in [0.15, 0.2) is 78.9 Å². The molecule has 3 aromatic rings. The van der Waals surface area contributed by atoms with E-state index in [1.165, 1.54) is 12.5 Å². The number of nitrogen functional groups attached to an aromatic ring is 2. The van der Waals surface area contributed by atoms with Gasteiger partial charge in [-0.15, -0.1) is 0 Å². The molecule has 1 saturated carbocycles. The smallest absolute Gasteiger partial charge is 0.338 e. The molecule has 10 heteroatoms. The lowest BCUT2D eigenvalue weighted by Crippen LogP contribution is -2.44. The first-order chi connectivity index (χ1) is 23.6. The van der Waals surface area contributed by atoms with Crippen molar-refractivity contribution in [3.63, 3.8) is 0 Å². The summed E-state index contributed by atoms with van der Waals surface area (Å²) in [5, 5.41) is 10.3. The van der Waals surface area contributed by atoms with Crippen molar-refractivity contribution in [2.45, 2.75) is 76.7 Å². The standard InChI is InChI=1S/C39H46N2O8/c40-32-19-12-29(13-20-32)26-39(37(44)45,27-30-14-21-33(41)22-15-30)38(46)48-25-7-2-1-6-24-47-36(43)31-17-10-28(11-18-31)16-23-35(42)49-34-8-4-3-5-9-34/h10-23,34H,1-9,24-27,40-41H2,(H,44,45). The minimum absolute atomic E-state index is 0.00246. The number of benzene rings is 3. The average molecular weight is 671 g/mol. The fraction of sp³-hybridized carbons (Fsp3) is 0.385. The van der Waals surface area contributed by atoms with Crippen LogP contribution in [0.2, 0.25) is 0 Å². The average Bonchev–Trinajstić information content (AvgIpc) is 3.10. The molecule has 0 saturated heterocycles. The molecule has 0 spiro atoms. The summed E-state index contributed by atoms with van der Waals surface area (Å²) in [7, 11) is 0. The SMILES string of the molecule is Nc1ccc(CC(Cc2ccc(N)cc2)(C(=O)O)C(=O)OCCCCCCOC(=O)c2ccc(C=CC(=O)OC3CCCCC3)cc2)cc1. The first-order valence-corrected chi connectivity index (χ1v) is 16.9. The Morgan fingerprint density at radius 2 is 1.24 bits per heavy atom. The predicted molar refractivity (Wildman–Crippen MR) is 187 cm³/mol. The number of carbonyl (C=O) groups is 4. The van der Waals surface area contributed by atoms with Crippen molar-refractivity contribution in [2.24, 2.45) is 5.41 Å². The molecule has 1 aliphatic rings. The van der Waals surface area contributed by atoms with Gasteiger partial charge in [-0.05, 0) is 123 Å². The van der Waals surface area contributed by atoms with E-state index in [9.17, 15) is 24.3 Å². The van der Waals surface area contributed by atoms with Crippen LogP contribution in [0.5, 0.6) is 0 Å². The molecule has 1 aliphatic carbocycles. The number of carboxylic acids is 1. The number of anilines is 2. The number of carbonyl (C=O) groups excluding carboxylic acids is 3. The van der Waals surface area contributed by atoms with Gasteiger partial charge in [-0.1, -0.05) is 42.8 Å². The predicted octanol–water partition coefficient (Wildman–Crippen LogP) is 6.56. The van der Waals surface area contributed by atoms with Crippen LogP contribution in [0.4, 0.5) is 11.4 Å². The van der Waals surface area contributed by atoms with Crippen molar-refractivity contribution >= 4 is 41.3 Å². The van der Waals surface area contributed by atoms with E-state index in [2.05, 4.69) is 0 Å². The van der Waals surface area contributed by atoms with Gasteiger partial charge in [0.25, 0.3) is 0 Å². The highest BCUT2D eigenvalue weighted by Gasteiger charge is 2.48. The summed E-state index contributed by atoms with van der Waals surface area (Å²) in [5.41, 5.74) is 13.3. The Morgan fingerprint density at radius 3 is 1.78 bits per heavy atom. The fourth-order valence-corrected chi connectivity index (χ4v) is 5.80. The second kappa shape index (κ2) is 18.4. The molecule has 0 amide bonds. The summed E-state index contributed by atoms with van der Waals surface area (Å²) in [6.07, 6.45) is 10.7. The molecule has 0 radical (unpaired) electrons. The topological polar surface area (TPSA) is 168 Å². The molecule has 0 aliphatic heterocycles. The van der Waals surface area contributed by atoms with E-state index in [1.54, 1.807) is 78.9 Å². The number of ether oxygens (including phenoxy) is 3. The van der Waals surface area contributed by atoms with Crippen LogP contribution in [-0.4, -0.2) is 48.3 Å². The highest BCUT2D eigenvalue weighted by molar-refractivity contribution is 6.00. The third-order valence-electron chi connectivity index (χ3n) is 8.67. The second-order valence-electron chi connectivity index (χ2n) is 12.6. The van der Waals surface area contributed by atoms with Crippen LogP contribution in [-0.2, 0) is 41.4 Å². The van der Waals surface area contributed by atoms with E-state index in [0.717, 1.165) is 37.7 Å². The van der Waals surface area contributed by atoms with Gasteiger partial charge in [-0.2, -0.15) is 0 Å². The zero-order valence-corrected chi connectivity index (χ0v) is 27.8. The van der Waals surface area contributed by atoms with Crippen LogP contribution < -0.4 is 11.5 Å². The minimum Gasteiger partial charge on any atom is -0.480 e. The maximum atomic E-state index is 13.4. The monoisotopic (exact) mass is 670 g/mol. The van der Waals surface area contributed by atoms with Gasteiger partial charge in [-0.25, -0.2) is 9.59 Å². The Balaban J connectivity index is 1.18. The molecular weight excluding hydrogens is 624 g/mol. The van der Waals surface area contributed by atoms with Crippen molar-refractivity contribution in [1.82, 2.24) is 0 Å². The summed E-state index contributed by atoms with van der Waals surface area (Å²) < 4.78 is 16.4. The van der Waals surface area contributed by atoms with Crippen LogP contribution in [0, 0.1) is 5.41 Å². The molecule has 0 unspecified atom stereocenters. The Kier molecular flexibility index (Phi) is 13.8. The van der Waals surface area contributed by atoms with Gasteiger partial charge in [0.2, 0.25) is 0 Å². The van der Waals surface area contributed by atoms with E-state index >= 15 is 0 Å². The normalized spacial score (nSPS) is 13.6. The summed E-state index contributed by atoms with van der Waals surface area (Å²) in [6, 6.07) is 20.3. The Morgan fingerprint density at radius 1 is 0.714 bits per heavy atom. The Labute approximate surface area is 287 Å². The summed E-state index contributed by atoms with van der Waals surface area (Å²) in [5.74, 6) is -2.86. The van der Waals surface area contributed by atoms with Gasteiger partial charge < -0.3 is 30.8 Å². The Hall–Kier alpha value is -5.12. The quantitative estimate of drug-likeness (QED) is 0.0357. The summed E-state index contributed by atoms with van der Waals surface area (Å²) in [4.78, 5) is 50.7. The van der Waals surface area contributed by atoms with Gasteiger partial charge in [0.05, 0.1) is 18.8 Å². The molecule has 3 aromatic carbocycles. The lowest BCUT2D eigenvalue weighted by Gasteiger charge is -2.28. The highest BCUT2D eigenvalue weighted by atomic mass is 16.5. The van der Waals surface area contributed by atoms with Crippen LogP contribution in [0.25, 0.3) is 6.08 Å². The molecule has 0 heterocycles. The van der Waals surface area contributed by atoms with Crippen molar-refractivity contribution in [3.8, 4) is 0 Å². The van der Waals surface area contributed by atoms with E-state index in [-0.39, 0.29) is 38.1 Å². The molecule has 0 bridgehead atoms. The minimum atomic E-state index is -1.84. The molecule has 10 nitrogen and oxygen atoms in total. The molecule has 1 fully saturated rings. The largest absolute Gasteiger partial charge is 0.480 e. The number of rotatable bonds is 17. The van der Waals surface area contributed by atoms with Crippen LogP contribution in [0.3, 0.4) is 0 Å². The summed E-state index contributed by atoms with van der Waals surface area (Å²) >= 11 is 0. The molecule has 0 aromatic heterocycles. The zero-order chi connectivity index (χ0) is 35.1. The van der Waals surface area contributed by atoms with Crippen molar-refractivity contribution < 1.29 is 38.5 Å². The third kappa shape index (κ3) is 11.5. The number of esters is 3. The van der Waals surface area contributed by atoms with E-state index in [1.807, 2.05) is 0 Å². The van der Waals surface area contributed by atoms with Crippen molar-refractivity contribution in [2.75, 3.05) is 24.7 Å². The van der Waals surface area contributed by atoms with Gasteiger partial charge in [0.15, 0.2) is 5.41 Å². The number of hydrogen-bond acceptors (Lipinski definition) is 9. The number of carboxylic acid groups (broad SMARTS) is 1. The van der Waals surface area contributed by atoms with E-state index in [4.69, 9.17) is 25.7 Å². The number of unbranched alkanes of at least 4 members (excludes halogenated alkanes) is 3. The molecular formula is C39H46N2O8. The molecule has 0 atom stereocenters. The first kappa shape index (κ1) is 36.7. The summed E-state index contributed by atoms with van der Waals surface area (Å²) in [6.45, 7) is 0.300. The second-order valence-corrected chi connectivity index (χ2v) is 12.6. The van der Waals surface area contributed by atoms with E-state index in [0.29, 0.717) is 47.3 Å². The van der Waals surface area contributed by atoms with E-state index < -0.39 is 23.3 Å². The van der Waals surface area contributed by atoms with Gasteiger partial charge in [-0.3, -0.25) is 9.59 Å². The molecule has 5 N–H and O–H groups in total. The lowest BCUT2D eigenvalue weighted by atomic mass is 9.76. The van der Waals surface area contributed by atoms with Crippen LogP contribution in [0.1, 0.15) is 84.8 Å². The van der Waals surface area contributed by atoms with Crippen molar-refractivity contribution in [3.05, 3.63) is 101 Å². The third-order valence-corrected chi connectivity index (χ3v) is 8.67. The Bertz CT molecular complexity index is 1510. The number of hydrogen-bond donors (Lipinski definition) is 3. The van der Waals surface area contributed by atoms with Crippen molar-refractivity contribution in [1.29, 1.82) is 0 Å². The number of nitrogens with two attached hydrogens (primary N) is 2.